The van der Waals surface area contributed by atoms with Crippen LogP contribution in [0.5, 0.6) is 0 Å². The summed E-state index contributed by atoms with van der Waals surface area (Å²) in [4.78, 5) is 44.0. The molecular formula is C24H34N2O6. The van der Waals surface area contributed by atoms with Gasteiger partial charge in [0.05, 0.1) is 18.6 Å². The molecule has 8 heteroatoms. The van der Waals surface area contributed by atoms with Gasteiger partial charge >= 0.3 is 5.97 Å². The van der Waals surface area contributed by atoms with Crippen molar-refractivity contribution in [3.63, 3.8) is 0 Å². The number of aliphatic hydroxyl groups is 1. The van der Waals surface area contributed by atoms with Crippen molar-refractivity contribution in [1.29, 1.82) is 0 Å². The normalized spacial score (nSPS) is 35.9. The maximum Gasteiger partial charge on any atom is 0.312 e. The zero-order chi connectivity index (χ0) is 22.9. The number of nitrogens with zero attached hydrogens (tertiary/aromatic N) is 2. The van der Waals surface area contributed by atoms with E-state index in [2.05, 4.69) is 0 Å². The Hall–Kier alpha value is -2.19. The highest BCUT2D eigenvalue weighted by atomic mass is 16.6. The lowest BCUT2D eigenvalue weighted by atomic mass is 9.78. The van der Waals surface area contributed by atoms with Crippen LogP contribution in [-0.4, -0.2) is 82.8 Å². The van der Waals surface area contributed by atoms with E-state index in [9.17, 15) is 19.5 Å². The Morgan fingerprint density at radius 3 is 2.72 bits per heavy atom. The van der Waals surface area contributed by atoms with E-state index < -0.39 is 35.6 Å². The van der Waals surface area contributed by atoms with Gasteiger partial charge in [-0.1, -0.05) is 24.3 Å². The van der Waals surface area contributed by atoms with Crippen molar-refractivity contribution in [1.82, 2.24) is 9.80 Å². The fourth-order valence-electron chi connectivity index (χ4n) is 5.53. The summed E-state index contributed by atoms with van der Waals surface area (Å²) in [5, 5.41) is 9.22. The van der Waals surface area contributed by atoms with E-state index in [1.807, 2.05) is 38.2 Å². The van der Waals surface area contributed by atoms with Crippen LogP contribution in [0.3, 0.4) is 0 Å². The fraction of sp³-hybridized carbons (Fsp3) is 0.708. The highest BCUT2D eigenvalue weighted by molar-refractivity contribution is 5.99. The highest BCUT2D eigenvalue weighted by Crippen LogP contribution is 2.53. The van der Waals surface area contributed by atoms with Crippen molar-refractivity contribution < 1.29 is 29.0 Å². The summed E-state index contributed by atoms with van der Waals surface area (Å²) in [6.07, 6.45) is 10.6. The molecule has 5 atom stereocenters. The van der Waals surface area contributed by atoms with E-state index in [4.69, 9.17) is 9.47 Å². The number of carbonyl (C=O) groups is 3. The van der Waals surface area contributed by atoms with Crippen LogP contribution < -0.4 is 0 Å². The number of likely N-dealkylation sites (tertiary alicyclic amines) is 1. The third-order valence-electron chi connectivity index (χ3n) is 7.06. The van der Waals surface area contributed by atoms with Crippen molar-refractivity contribution in [3.8, 4) is 0 Å². The van der Waals surface area contributed by atoms with Gasteiger partial charge in [-0.2, -0.15) is 0 Å². The van der Waals surface area contributed by atoms with E-state index in [0.29, 0.717) is 32.5 Å². The number of esters is 1. The Balaban J connectivity index is 1.78. The summed E-state index contributed by atoms with van der Waals surface area (Å²) in [6, 6.07) is -0.874. The number of allylic oxidation sites excluding steroid dienone is 1. The van der Waals surface area contributed by atoms with Gasteiger partial charge in [-0.25, -0.2) is 0 Å². The summed E-state index contributed by atoms with van der Waals surface area (Å²) >= 11 is 0. The van der Waals surface area contributed by atoms with Crippen LogP contribution in [-0.2, 0) is 23.9 Å². The van der Waals surface area contributed by atoms with Gasteiger partial charge in [0.15, 0.2) is 0 Å². The molecule has 2 amide bonds. The molecule has 2 saturated heterocycles. The minimum Gasteiger partial charge on any atom is -0.465 e. The van der Waals surface area contributed by atoms with E-state index >= 15 is 0 Å². The average molecular weight is 447 g/mol. The third-order valence-corrected chi connectivity index (χ3v) is 7.06. The number of hydrogen-bond acceptors (Lipinski definition) is 6. The molecular weight excluding hydrogens is 412 g/mol. The lowest BCUT2D eigenvalue weighted by Crippen LogP contribution is -2.56. The summed E-state index contributed by atoms with van der Waals surface area (Å²) in [7, 11) is 0. The van der Waals surface area contributed by atoms with Crippen LogP contribution in [0.15, 0.2) is 24.3 Å². The fourth-order valence-corrected chi connectivity index (χ4v) is 5.53. The van der Waals surface area contributed by atoms with Crippen LogP contribution >= 0.6 is 0 Å². The van der Waals surface area contributed by atoms with E-state index in [1.54, 1.807) is 9.80 Å². The molecule has 4 aliphatic rings. The maximum atomic E-state index is 13.8. The number of fused-ring (bicyclic) bond motifs is 2. The van der Waals surface area contributed by atoms with Crippen LogP contribution in [0.2, 0.25) is 0 Å². The van der Waals surface area contributed by atoms with E-state index in [0.717, 1.165) is 19.3 Å². The second kappa shape index (κ2) is 9.35. The molecule has 8 nitrogen and oxygen atoms in total. The van der Waals surface area contributed by atoms with Gasteiger partial charge < -0.3 is 24.4 Å². The number of rotatable bonds is 5. The molecule has 4 rings (SSSR count). The van der Waals surface area contributed by atoms with Gasteiger partial charge in [0.25, 0.3) is 0 Å². The summed E-state index contributed by atoms with van der Waals surface area (Å²) in [5.41, 5.74) is -1.20. The van der Waals surface area contributed by atoms with Gasteiger partial charge in [-0.3, -0.25) is 14.4 Å². The Bertz CT molecular complexity index is 808. The van der Waals surface area contributed by atoms with E-state index in [1.165, 1.54) is 0 Å². The average Bonchev–Trinajstić information content (AvgIpc) is 3.13. The number of amides is 2. The lowest BCUT2D eigenvalue weighted by Gasteiger charge is -2.36. The Kier molecular flexibility index (Phi) is 6.72. The molecule has 1 spiro atoms. The quantitative estimate of drug-likeness (QED) is 0.390. The molecule has 0 aromatic rings. The number of unbranched alkanes of at least 4 members (excludes halogenated alkanes) is 1. The van der Waals surface area contributed by atoms with Crippen LogP contribution in [0.25, 0.3) is 0 Å². The second-order valence-corrected chi connectivity index (χ2v) is 9.38. The van der Waals surface area contributed by atoms with Gasteiger partial charge in [0, 0.05) is 25.7 Å². The van der Waals surface area contributed by atoms with Crippen LogP contribution in [0.4, 0.5) is 0 Å². The summed E-state index contributed by atoms with van der Waals surface area (Å²) < 4.78 is 12.1. The largest absolute Gasteiger partial charge is 0.465 e. The standard InChI is InChI=1S/C24H34N2O6/c1-16(2)25-13-9-11-24-19(21(28)26(12-6-7-14-27)20(24)22(25)29)18-17(32-24)10-5-3-4-8-15-31-23(18)30/h5,9-11,16-20,27H,3-4,6-8,12-15H2,1-2H3/b10-5-/t17-,18+,19-,20?,24-/m0/s1. The number of cyclic esters (lactones) is 1. The van der Waals surface area contributed by atoms with Gasteiger partial charge in [-0.05, 0) is 46.0 Å². The smallest absolute Gasteiger partial charge is 0.312 e. The van der Waals surface area contributed by atoms with Gasteiger partial charge in [0.2, 0.25) is 11.8 Å². The van der Waals surface area contributed by atoms with Gasteiger partial charge in [-0.15, -0.1) is 0 Å². The van der Waals surface area contributed by atoms with Crippen molar-refractivity contribution in [3.05, 3.63) is 24.3 Å². The van der Waals surface area contributed by atoms with Crippen molar-refractivity contribution in [2.24, 2.45) is 11.8 Å². The zero-order valence-electron chi connectivity index (χ0n) is 18.9. The number of ether oxygens (including phenoxy) is 2. The van der Waals surface area contributed by atoms with Crippen molar-refractivity contribution in [2.75, 3.05) is 26.3 Å². The molecule has 4 heterocycles. The minimum atomic E-state index is -1.20. The molecule has 0 bridgehead atoms. The minimum absolute atomic E-state index is 0.0194. The monoisotopic (exact) mass is 446 g/mol. The second-order valence-electron chi connectivity index (χ2n) is 9.38. The molecule has 0 aromatic carbocycles. The number of aliphatic hydroxyl groups excluding tert-OH is 1. The molecule has 2 fully saturated rings. The summed E-state index contributed by atoms with van der Waals surface area (Å²) in [5.74, 6) is -2.43. The number of carbonyl (C=O) groups excluding carboxylic acids is 3. The predicted molar refractivity (Wildman–Crippen MR) is 116 cm³/mol. The Morgan fingerprint density at radius 2 is 1.97 bits per heavy atom. The molecule has 1 unspecified atom stereocenters. The first-order valence-electron chi connectivity index (χ1n) is 11.8. The predicted octanol–water partition coefficient (Wildman–Crippen LogP) is 1.43. The topological polar surface area (TPSA) is 96.4 Å². The third kappa shape index (κ3) is 3.77. The Morgan fingerprint density at radius 1 is 1.16 bits per heavy atom. The van der Waals surface area contributed by atoms with Crippen LogP contribution in [0.1, 0.15) is 46.0 Å². The van der Waals surface area contributed by atoms with Crippen molar-refractivity contribution >= 4 is 17.8 Å². The molecule has 0 aromatic heterocycles. The summed E-state index contributed by atoms with van der Waals surface area (Å²) in [6.45, 7) is 5.00. The first kappa shape index (κ1) is 23.0. The zero-order valence-corrected chi connectivity index (χ0v) is 18.9. The Labute approximate surface area is 189 Å². The molecule has 1 N–H and O–H groups in total. The molecule has 32 heavy (non-hydrogen) atoms. The number of hydrogen-bond donors (Lipinski definition) is 1. The first-order chi connectivity index (χ1) is 15.4. The molecule has 0 aliphatic carbocycles. The highest BCUT2D eigenvalue weighted by Gasteiger charge is 2.71. The van der Waals surface area contributed by atoms with Crippen LogP contribution in [0, 0.1) is 11.8 Å². The maximum absolute atomic E-state index is 13.8. The first-order valence-corrected chi connectivity index (χ1v) is 11.8. The van der Waals surface area contributed by atoms with Crippen molar-refractivity contribution in [2.45, 2.75) is 69.7 Å². The van der Waals surface area contributed by atoms with Gasteiger partial charge in [0.1, 0.15) is 17.6 Å². The SMILES string of the molecule is CC(C)N1CC=C[C@]23O[C@H]4/C=C\CCCCOC(=O)[C@H]4[C@H]2C(=O)N(CCCCO)C3C1=O. The molecule has 0 saturated carbocycles. The molecule has 176 valence electrons. The lowest BCUT2D eigenvalue weighted by molar-refractivity contribution is -0.155. The molecule has 4 aliphatic heterocycles. The molecule has 0 radical (unpaired) electrons. The van der Waals surface area contributed by atoms with E-state index in [-0.39, 0.29) is 24.5 Å².